The van der Waals surface area contributed by atoms with Crippen LogP contribution in [0.2, 0.25) is 0 Å². The van der Waals surface area contributed by atoms with E-state index in [2.05, 4.69) is 0 Å². The molecule has 0 heterocycles. The summed E-state index contributed by atoms with van der Waals surface area (Å²) in [6, 6.07) is 9.87. The fraction of sp³-hybridized carbons (Fsp3) is 0.579. The second-order valence-electron chi connectivity index (χ2n) is 6.95. The van der Waals surface area contributed by atoms with Gasteiger partial charge in [-0.2, -0.15) is 0 Å². The van der Waals surface area contributed by atoms with Gasteiger partial charge in [-0.05, 0) is 37.7 Å². The molecule has 1 fully saturated rings. The maximum Gasteiger partial charge on any atom is 0.224 e. The molecule has 132 valence electrons. The minimum atomic E-state index is -0.891. The number of carbonyl (C=O) groups excluding carboxylic acids is 2. The van der Waals surface area contributed by atoms with Gasteiger partial charge in [-0.3, -0.25) is 9.59 Å². The smallest absolute Gasteiger partial charge is 0.224 e. The van der Waals surface area contributed by atoms with E-state index in [1.807, 2.05) is 30.3 Å². The Kier molecular flexibility index (Phi) is 6.37. The average Bonchev–Trinajstić information content (AvgIpc) is 2.59. The van der Waals surface area contributed by atoms with E-state index in [9.17, 15) is 14.7 Å². The van der Waals surface area contributed by atoms with Crippen LogP contribution in [-0.2, 0) is 16.0 Å². The number of aliphatic hydroxyl groups is 1. The second-order valence-corrected chi connectivity index (χ2v) is 6.95. The van der Waals surface area contributed by atoms with Gasteiger partial charge < -0.3 is 16.6 Å². The predicted octanol–water partition coefficient (Wildman–Crippen LogP) is 1.91. The summed E-state index contributed by atoms with van der Waals surface area (Å²) in [4.78, 5) is 24.1. The molecule has 0 radical (unpaired) electrons. The molecule has 5 heteroatoms. The highest BCUT2D eigenvalue weighted by atomic mass is 16.3. The summed E-state index contributed by atoms with van der Waals surface area (Å²) in [5.74, 6) is -1.68. The maximum absolute atomic E-state index is 12.1. The third-order valence-corrected chi connectivity index (χ3v) is 5.36. The van der Waals surface area contributed by atoms with Gasteiger partial charge in [0.05, 0.1) is 17.4 Å². The first kappa shape index (κ1) is 18.5. The first-order chi connectivity index (χ1) is 11.5. The molecule has 0 aliphatic heterocycles. The molecular weight excluding hydrogens is 304 g/mol. The monoisotopic (exact) mass is 332 g/mol. The van der Waals surface area contributed by atoms with Crippen molar-refractivity contribution in [3.63, 3.8) is 0 Å². The summed E-state index contributed by atoms with van der Waals surface area (Å²) in [6.07, 6.45) is 4.71. The predicted molar refractivity (Wildman–Crippen MR) is 92.8 cm³/mol. The number of benzene rings is 1. The van der Waals surface area contributed by atoms with Gasteiger partial charge >= 0.3 is 0 Å². The SMILES string of the molecule is NC(=O)[C@H](C[C@@H](O)CCc1ccccc1)C1(C(N)=O)CCCCC1. The van der Waals surface area contributed by atoms with Crippen molar-refractivity contribution in [1.29, 1.82) is 0 Å². The number of primary amides is 2. The zero-order chi connectivity index (χ0) is 17.6. The number of nitrogens with two attached hydrogens (primary N) is 2. The van der Waals surface area contributed by atoms with Crippen LogP contribution in [0.3, 0.4) is 0 Å². The van der Waals surface area contributed by atoms with Crippen LogP contribution in [0.5, 0.6) is 0 Å². The van der Waals surface area contributed by atoms with Gasteiger partial charge in [-0.15, -0.1) is 0 Å². The highest BCUT2D eigenvalue weighted by Crippen LogP contribution is 2.44. The van der Waals surface area contributed by atoms with Crippen LogP contribution in [0.25, 0.3) is 0 Å². The Labute approximate surface area is 143 Å². The Morgan fingerprint density at radius 3 is 2.25 bits per heavy atom. The molecule has 2 amide bonds. The van der Waals surface area contributed by atoms with Crippen molar-refractivity contribution < 1.29 is 14.7 Å². The highest BCUT2D eigenvalue weighted by molar-refractivity contribution is 5.89. The molecule has 1 aromatic carbocycles. The number of hydrogen-bond acceptors (Lipinski definition) is 3. The van der Waals surface area contributed by atoms with Crippen molar-refractivity contribution in [1.82, 2.24) is 0 Å². The van der Waals surface area contributed by atoms with Crippen molar-refractivity contribution >= 4 is 11.8 Å². The second kappa shape index (κ2) is 8.29. The average molecular weight is 332 g/mol. The van der Waals surface area contributed by atoms with E-state index in [0.717, 1.165) is 31.2 Å². The topological polar surface area (TPSA) is 106 Å². The molecule has 0 saturated heterocycles. The van der Waals surface area contributed by atoms with E-state index in [1.165, 1.54) is 0 Å². The third kappa shape index (κ3) is 4.35. The number of hydrogen-bond donors (Lipinski definition) is 3. The van der Waals surface area contributed by atoms with Crippen LogP contribution in [0.15, 0.2) is 30.3 Å². The number of amides is 2. The molecule has 1 aliphatic carbocycles. The molecule has 5 N–H and O–H groups in total. The Bertz CT molecular complexity index is 553. The van der Waals surface area contributed by atoms with E-state index in [1.54, 1.807) is 0 Å². The summed E-state index contributed by atoms with van der Waals surface area (Å²) >= 11 is 0. The van der Waals surface area contributed by atoms with Gasteiger partial charge in [0.2, 0.25) is 11.8 Å². The maximum atomic E-state index is 12.1. The summed E-state index contributed by atoms with van der Waals surface area (Å²) in [7, 11) is 0. The van der Waals surface area contributed by atoms with Gasteiger partial charge in [-0.25, -0.2) is 0 Å². The van der Waals surface area contributed by atoms with Gasteiger partial charge in [-0.1, -0.05) is 49.6 Å². The van der Waals surface area contributed by atoms with Gasteiger partial charge in [0.25, 0.3) is 0 Å². The first-order valence-electron chi connectivity index (χ1n) is 8.77. The highest BCUT2D eigenvalue weighted by Gasteiger charge is 2.48. The molecule has 0 bridgehead atoms. The van der Waals surface area contributed by atoms with Gasteiger partial charge in [0.1, 0.15) is 0 Å². The Morgan fingerprint density at radius 1 is 1.08 bits per heavy atom. The lowest BCUT2D eigenvalue weighted by molar-refractivity contribution is -0.143. The van der Waals surface area contributed by atoms with Crippen molar-refractivity contribution in [2.45, 2.75) is 57.5 Å². The molecule has 0 aromatic heterocycles. The molecule has 2 atom stereocenters. The summed E-state index contributed by atoms with van der Waals surface area (Å²) in [6.45, 7) is 0. The van der Waals surface area contributed by atoms with Crippen LogP contribution < -0.4 is 11.5 Å². The molecule has 0 spiro atoms. The standard InChI is InChI=1S/C19H28N2O3/c20-17(23)16(19(18(21)24)11-5-2-6-12-19)13-15(22)10-9-14-7-3-1-4-8-14/h1,3-4,7-8,15-16,22H,2,5-6,9-13H2,(H2,20,23)(H2,21,24)/t15-,16-/m0/s1. The minimum Gasteiger partial charge on any atom is -0.393 e. The Balaban J connectivity index is 2.04. The molecule has 1 saturated carbocycles. The van der Waals surface area contributed by atoms with Gasteiger partial charge in [0.15, 0.2) is 0 Å². The largest absolute Gasteiger partial charge is 0.393 e. The molecule has 24 heavy (non-hydrogen) atoms. The first-order valence-corrected chi connectivity index (χ1v) is 8.77. The lowest BCUT2D eigenvalue weighted by Crippen LogP contribution is -2.50. The lowest BCUT2D eigenvalue weighted by Gasteiger charge is -2.40. The molecule has 1 aliphatic rings. The van der Waals surface area contributed by atoms with Crippen molar-refractivity contribution in [2.24, 2.45) is 22.8 Å². The fourth-order valence-electron chi connectivity index (χ4n) is 3.93. The van der Waals surface area contributed by atoms with Crippen LogP contribution in [0.4, 0.5) is 0 Å². The molecule has 1 aromatic rings. The zero-order valence-electron chi connectivity index (χ0n) is 14.1. The molecular formula is C19H28N2O3. The van der Waals surface area contributed by atoms with Crippen molar-refractivity contribution in [3.05, 3.63) is 35.9 Å². The number of aryl methyl sites for hydroxylation is 1. The van der Waals surface area contributed by atoms with E-state index in [0.29, 0.717) is 19.3 Å². The summed E-state index contributed by atoms with van der Waals surface area (Å²) < 4.78 is 0. The van der Waals surface area contributed by atoms with E-state index in [-0.39, 0.29) is 6.42 Å². The quantitative estimate of drug-likeness (QED) is 0.677. The number of rotatable bonds is 8. The van der Waals surface area contributed by atoms with E-state index < -0.39 is 29.3 Å². The Morgan fingerprint density at radius 2 is 1.71 bits per heavy atom. The molecule has 0 unspecified atom stereocenters. The fourth-order valence-corrected chi connectivity index (χ4v) is 3.93. The molecule has 5 nitrogen and oxygen atoms in total. The van der Waals surface area contributed by atoms with Crippen LogP contribution in [0, 0.1) is 11.3 Å². The van der Waals surface area contributed by atoms with Crippen LogP contribution in [-0.4, -0.2) is 23.0 Å². The number of carbonyl (C=O) groups is 2. The van der Waals surface area contributed by atoms with Crippen molar-refractivity contribution in [3.8, 4) is 0 Å². The van der Waals surface area contributed by atoms with E-state index in [4.69, 9.17) is 11.5 Å². The summed E-state index contributed by atoms with van der Waals surface area (Å²) in [5, 5.41) is 10.4. The van der Waals surface area contributed by atoms with Crippen LogP contribution >= 0.6 is 0 Å². The van der Waals surface area contributed by atoms with Gasteiger partial charge in [0, 0.05) is 0 Å². The zero-order valence-corrected chi connectivity index (χ0v) is 14.1. The van der Waals surface area contributed by atoms with Crippen molar-refractivity contribution in [2.75, 3.05) is 0 Å². The third-order valence-electron chi connectivity index (χ3n) is 5.36. The molecule has 2 rings (SSSR count). The van der Waals surface area contributed by atoms with E-state index >= 15 is 0 Å². The lowest BCUT2D eigenvalue weighted by atomic mass is 9.63. The number of aliphatic hydroxyl groups excluding tert-OH is 1. The Hall–Kier alpha value is -1.88. The normalized spacial score (nSPS) is 19.4. The summed E-state index contributed by atoms with van der Waals surface area (Å²) in [5.41, 5.74) is 11.5. The minimum absolute atomic E-state index is 0.200. The van der Waals surface area contributed by atoms with Crippen LogP contribution in [0.1, 0.15) is 50.5 Å².